The molecule has 1 aromatic carbocycles. The summed E-state index contributed by atoms with van der Waals surface area (Å²) in [6, 6.07) is 6.36. The highest BCUT2D eigenvalue weighted by Crippen LogP contribution is 2.62. The van der Waals surface area contributed by atoms with Crippen LogP contribution in [0.5, 0.6) is 5.75 Å². The van der Waals surface area contributed by atoms with E-state index < -0.39 is 60.5 Å². The third-order valence-corrected chi connectivity index (χ3v) is 6.82. The predicted molar refractivity (Wildman–Crippen MR) is 112 cm³/mol. The van der Waals surface area contributed by atoms with Gasteiger partial charge in [-0.25, -0.2) is 0 Å². The molecule has 2 rings (SSSR count). The van der Waals surface area contributed by atoms with E-state index in [4.69, 9.17) is 4.74 Å². The summed E-state index contributed by atoms with van der Waals surface area (Å²) in [5, 5.41) is 0. The van der Waals surface area contributed by atoms with Crippen molar-refractivity contribution in [3.8, 4) is 5.75 Å². The van der Waals surface area contributed by atoms with Gasteiger partial charge in [-0.1, -0.05) is 38.3 Å². The first-order valence-corrected chi connectivity index (χ1v) is 11.9. The number of unbranched alkanes of at least 4 members (excludes halogenated alkanes) is 3. The minimum absolute atomic E-state index is 0.270. The van der Waals surface area contributed by atoms with E-state index in [0.29, 0.717) is 17.9 Å². The smallest absolute Gasteiger partial charge is 0.460 e. The van der Waals surface area contributed by atoms with Crippen LogP contribution in [0.1, 0.15) is 69.8 Å². The van der Waals surface area contributed by atoms with Crippen LogP contribution in [0.3, 0.4) is 0 Å². The molecule has 0 amide bonds. The van der Waals surface area contributed by atoms with Crippen LogP contribution >= 0.6 is 0 Å². The van der Waals surface area contributed by atoms with Gasteiger partial charge in [0.2, 0.25) is 0 Å². The van der Waals surface area contributed by atoms with E-state index >= 15 is 0 Å². The molecule has 0 atom stereocenters. The second kappa shape index (κ2) is 11.3. The van der Waals surface area contributed by atoms with Gasteiger partial charge in [0.25, 0.3) is 0 Å². The van der Waals surface area contributed by atoms with Gasteiger partial charge in [-0.15, -0.1) is 0 Å². The molecule has 0 radical (unpaired) electrons. The van der Waals surface area contributed by atoms with Crippen LogP contribution in [0.25, 0.3) is 0 Å². The van der Waals surface area contributed by atoms with E-state index in [2.05, 4.69) is 0 Å². The van der Waals surface area contributed by atoms with Crippen molar-refractivity contribution >= 4 is 0 Å². The fourth-order valence-electron chi connectivity index (χ4n) is 4.38. The summed E-state index contributed by atoms with van der Waals surface area (Å²) in [6.07, 6.45) is -5.81. The van der Waals surface area contributed by atoms with E-state index in [1.165, 1.54) is 0 Å². The van der Waals surface area contributed by atoms with Crippen molar-refractivity contribution in [2.75, 3.05) is 6.61 Å². The SMILES string of the molecule is CCCCCCOc1ccc(C2CCC(C(F)(F)C(F)(F)C(F)(F)C(F)(F)C(F)(F)C(F)(F)F)CC2)cc1. The molecule has 0 N–H and O–H groups in total. The molecule has 1 fully saturated rings. The molecule has 1 aliphatic carbocycles. The monoisotopic (exact) mass is 578 g/mol. The lowest BCUT2D eigenvalue weighted by atomic mass is 9.74. The van der Waals surface area contributed by atoms with Crippen LogP contribution in [-0.4, -0.2) is 42.4 Å². The molecule has 1 saturated carbocycles. The van der Waals surface area contributed by atoms with Crippen molar-refractivity contribution in [3.63, 3.8) is 0 Å². The van der Waals surface area contributed by atoms with Crippen molar-refractivity contribution in [1.82, 2.24) is 0 Å². The second-order valence-corrected chi connectivity index (χ2v) is 9.45. The Morgan fingerprint density at radius 3 is 1.61 bits per heavy atom. The third kappa shape index (κ3) is 5.83. The zero-order valence-corrected chi connectivity index (χ0v) is 20.1. The largest absolute Gasteiger partial charge is 0.494 e. The molecule has 1 aromatic rings. The van der Waals surface area contributed by atoms with Gasteiger partial charge in [-0.2, -0.15) is 57.1 Å². The highest BCUT2D eigenvalue weighted by Gasteiger charge is 2.91. The maximum atomic E-state index is 14.5. The van der Waals surface area contributed by atoms with Crippen LogP contribution in [0.4, 0.5) is 57.1 Å². The summed E-state index contributed by atoms with van der Waals surface area (Å²) in [6.45, 7) is 2.51. The zero-order chi connectivity index (χ0) is 29.2. The lowest BCUT2D eigenvalue weighted by molar-refractivity contribution is -0.443. The third-order valence-electron chi connectivity index (χ3n) is 6.82. The molecule has 0 saturated heterocycles. The number of halogens is 13. The Hall–Kier alpha value is -1.89. The van der Waals surface area contributed by atoms with Crippen molar-refractivity contribution in [1.29, 1.82) is 0 Å². The summed E-state index contributed by atoms with van der Waals surface area (Å²) in [5.41, 5.74) is 0.582. The Bertz CT molecular complexity index is 886. The first-order valence-electron chi connectivity index (χ1n) is 11.9. The molecule has 1 aliphatic rings. The summed E-state index contributed by atoms with van der Waals surface area (Å²) < 4.78 is 180. The van der Waals surface area contributed by atoms with Crippen molar-refractivity contribution in [3.05, 3.63) is 29.8 Å². The first-order chi connectivity index (χ1) is 17.3. The van der Waals surface area contributed by atoms with Crippen LogP contribution in [0.2, 0.25) is 0 Å². The molecule has 0 unspecified atom stereocenters. The summed E-state index contributed by atoms with van der Waals surface area (Å²) >= 11 is 0. The number of ether oxygens (including phenoxy) is 1. The molecule has 0 aliphatic heterocycles. The summed E-state index contributed by atoms with van der Waals surface area (Å²) in [7, 11) is 0. The Balaban J connectivity index is 2.10. The molecule has 14 heteroatoms. The van der Waals surface area contributed by atoms with E-state index in [0.717, 1.165) is 25.7 Å². The number of rotatable bonds is 12. The van der Waals surface area contributed by atoms with Crippen LogP contribution in [0.15, 0.2) is 24.3 Å². The maximum absolute atomic E-state index is 14.5. The number of alkyl halides is 13. The van der Waals surface area contributed by atoms with Crippen molar-refractivity contribution in [2.45, 2.75) is 100.0 Å². The van der Waals surface area contributed by atoms with Gasteiger partial charge in [-0.3, -0.25) is 0 Å². The minimum Gasteiger partial charge on any atom is -0.494 e. The molecular weight excluding hydrogens is 551 g/mol. The Morgan fingerprint density at radius 2 is 1.13 bits per heavy atom. The van der Waals surface area contributed by atoms with Crippen LogP contribution < -0.4 is 4.74 Å². The Labute approximate surface area is 210 Å². The topological polar surface area (TPSA) is 9.23 Å². The Kier molecular flexibility index (Phi) is 9.62. The minimum atomic E-state index is -7.86. The molecule has 220 valence electrons. The van der Waals surface area contributed by atoms with Gasteiger partial charge in [0.1, 0.15) is 5.75 Å². The molecule has 0 aromatic heterocycles. The van der Waals surface area contributed by atoms with Gasteiger partial charge < -0.3 is 4.74 Å². The van der Waals surface area contributed by atoms with Gasteiger partial charge in [0.15, 0.2) is 0 Å². The molecular formula is C24H27F13O. The lowest BCUT2D eigenvalue weighted by Crippen LogP contribution is -2.71. The molecule has 0 bridgehead atoms. The molecule has 0 heterocycles. The number of hydrogen-bond donors (Lipinski definition) is 0. The fourth-order valence-corrected chi connectivity index (χ4v) is 4.38. The second-order valence-electron chi connectivity index (χ2n) is 9.45. The van der Waals surface area contributed by atoms with E-state index in [9.17, 15) is 57.1 Å². The highest BCUT2D eigenvalue weighted by atomic mass is 19.4. The van der Waals surface area contributed by atoms with E-state index in [-0.39, 0.29) is 12.8 Å². The maximum Gasteiger partial charge on any atom is 0.460 e. The van der Waals surface area contributed by atoms with E-state index in [1.807, 2.05) is 6.92 Å². The molecule has 0 spiro atoms. The van der Waals surface area contributed by atoms with Crippen molar-refractivity contribution < 1.29 is 61.8 Å². The molecule has 38 heavy (non-hydrogen) atoms. The van der Waals surface area contributed by atoms with Crippen LogP contribution in [-0.2, 0) is 0 Å². The van der Waals surface area contributed by atoms with Gasteiger partial charge >= 0.3 is 35.8 Å². The predicted octanol–water partition coefficient (Wildman–Crippen LogP) is 9.66. The lowest BCUT2D eigenvalue weighted by Gasteiger charge is -2.43. The van der Waals surface area contributed by atoms with Gasteiger partial charge in [-0.05, 0) is 55.7 Å². The zero-order valence-electron chi connectivity index (χ0n) is 20.1. The highest BCUT2D eigenvalue weighted by molar-refractivity contribution is 5.30. The average molecular weight is 578 g/mol. The van der Waals surface area contributed by atoms with Crippen molar-refractivity contribution in [2.24, 2.45) is 5.92 Å². The average Bonchev–Trinajstić information content (AvgIpc) is 2.83. The molecule has 1 nitrogen and oxygen atoms in total. The number of benzene rings is 1. The van der Waals surface area contributed by atoms with E-state index in [1.54, 1.807) is 24.3 Å². The number of hydrogen-bond acceptors (Lipinski definition) is 1. The fraction of sp³-hybridized carbons (Fsp3) is 0.750. The normalized spacial score (nSPS) is 20.5. The standard InChI is InChI=1S/C24H27F13O/c1-2-3-4-5-14-38-18-12-8-16(9-13-18)15-6-10-17(11-7-15)19(25,26)20(27,28)21(29,30)22(31,32)23(33,34)24(35,36)37/h8-9,12-13,15,17H,2-7,10-11,14H2,1H3. The van der Waals surface area contributed by atoms with Gasteiger partial charge in [0, 0.05) is 5.92 Å². The summed E-state index contributed by atoms with van der Waals surface area (Å²) in [4.78, 5) is 0. The van der Waals surface area contributed by atoms with Gasteiger partial charge in [0.05, 0.1) is 6.61 Å². The summed E-state index contributed by atoms with van der Waals surface area (Å²) in [5.74, 6) is -39.2. The van der Waals surface area contributed by atoms with Crippen LogP contribution in [0, 0.1) is 5.92 Å². The quantitative estimate of drug-likeness (QED) is 0.177. The Morgan fingerprint density at radius 1 is 0.632 bits per heavy atom. The first kappa shape index (κ1) is 32.3.